The largest absolute Gasteiger partial charge is 0.480 e. The zero-order valence-corrected chi connectivity index (χ0v) is 18.6. The quantitative estimate of drug-likeness (QED) is 0.576. The summed E-state index contributed by atoms with van der Waals surface area (Å²) in [5, 5.41) is 18.4. The van der Waals surface area contributed by atoms with Gasteiger partial charge in [-0.2, -0.15) is 5.10 Å². The van der Waals surface area contributed by atoms with E-state index >= 15 is 0 Å². The SMILES string of the molecule is Cc1c(C#Cc2cc(Cl)c(CN3CCCCC3C(=O)O)nn2)cccc1-c1ccccc1. The third kappa shape index (κ3) is 4.99. The molecule has 1 fully saturated rings. The molecule has 162 valence electrons. The molecule has 4 rings (SSSR count). The van der Waals surface area contributed by atoms with E-state index in [1.54, 1.807) is 6.07 Å². The highest BCUT2D eigenvalue weighted by Crippen LogP contribution is 2.25. The Morgan fingerprint density at radius 3 is 2.69 bits per heavy atom. The summed E-state index contributed by atoms with van der Waals surface area (Å²) in [5.74, 6) is 5.45. The average molecular weight is 446 g/mol. The first kappa shape index (κ1) is 22.0. The van der Waals surface area contributed by atoms with Gasteiger partial charge in [-0.25, -0.2) is 0 Å². The molecule has 1 aromatic heterocycles. The van der Waals surface area contributed by atoms with E-state index in [1.807, 2.05) is 35.2 Å². The van der Waals surface area contributed by atoms with Gasteiger partial charge in [-0.15, -0.1) is 5.10 Å². The van der Waals surface area contributed by atoms with Crippen LogP contribution in [0.25, 0.3) is 11.1 Å². The molecule has 0 bridgehead atoms. The maximum Gasteiger partial charge on any atom is 0.320 e. The highest BCUT2D eigenvalue weighted by Gasteiger charge is 2.29. The van der Waals surface area contributed by atoms with Crippen molar-refractivity contribution in [2.45, 2.75) is 38.8 Å². The molecule has 1 saturated heterocycles. The summed E-state index contributed by atoms with van der Waals surface area (Å²) in [6, 6.07) is 17.5. The summed E-state index contributed by atoms with van der Waals surface area (Å²) in [5.41, 5.74) is 5.38. The van der Waals surface area contributed by atoms with Gasteiger partial charge < -0.3 is 5.11 Å². The molecular weight excluding hydrogens is 422 g/mol. The number of hydrogen-bond donors (Lipinski definition) is 1. The normalized spacial score (nSPS) is 16.2. The maximum absolute atomic E-state index is 11.5. The number of carboxylic acids is 1. The second-order valence-electron chi connectivity index (χ2n) is 7.94. The molecule has 32 heavy (non-hydrogen) atoms. The summed E-state index contributed by atoms with van der Waals surface area (Å²) >= 11 is 6.45. The number of piperidine rings is 1. The number of benzene rings is 2. The van der Waals surface area contributed by atoms with Gasteiger partial charge in [0.05, 0.1) is 10.7 Å². The van der Waals surface area contributed by atoms with Gasteiger partial charge in [0.25, 0.3) is 0 Å². The fraction of sp³-hybridized carbons (Fsp3) is 0.269. The third-order valence-corrected chi connectivity index (χ3v) is 6.14. The Kier molecular flexibility index (Phi) is 6.84. The van der Waals surface area contributed by atoms with Crippen molar-refractivity contribution in [3.63, 3.8) is 0 Å². The summed E-state index contributed by atoms with van der Waals surface area (Å²) < 4.78 is 0. The lowest BCUT2D eigenvalue weighted by molar-refractivity contribution is -0.144. The van der Waals surface area contributed by atoms with Gasteiger partial charge in [0.15, 0.2) is 0 Å². The molecule has 3 aromatic rings. The zero-order chi connectivity index (χ0) is 22.5. The van der Waals surface area contributed by atoms with E-state index in [-0.39, 0.29) is 0 Å². The molecule has 0 aliphatic carbocycles. The van der Waals surface area contributed by atoms with E-state index in [0.717, 1.165) is 35.1 Å². The smallest absolute Gasteiger partial charge is 0.320 e. The summed E-state index contributed by atoms with van der Waals surface area (Å²) in [6.07, 6.45) is 2.54. The summed E-state index contributed by atoms with van der Waals surface area (Å²) in [4.78, 5) is 13.4. The number of halogens is 1. The molecule has 1 aliphatic heterocycles. The van der Waals surface area contributed by atoms with Gasteiger partial charge in [-0.1, -0.05) is 66.4 Å². The highest BCUT2D eigenvalue weighted by molar-refractivity contribution is 6.31. The van der Waals surface area contributed by atoms with Crippen LogP contribution in [0.1, 0.15) is 41.8 Å². The number of hydrogen-bond acceptors (Lipinski definition) is 4. The maximum atomic E-state index is 11.5. The van der Waals surface area contributed by atoms with E-state index in [0.29, 0.717) is 35.9 Å². The van der Waals surface area contributed by atoms with E-state index in [2.05, 4.69) is 47.2 Å². The van der Waals surface area contributed by atoms with Crippen molar-refractivity contribution in [2.75, 3.05) is 6.54 Å². The minimum Gasteiger partial charge on any atom is -0.480 e. The van der Waals surface area contributed by atoms with E-state index in [9.17, 15) is 9.90 Å². The molecule has 0 saturated carbocycles. The molecule has 1 N–H and O–H groups in total. The second-order valence-corrected chi connectivity index (χ2v) is 8.35. The van der Waals surface area contributed by atoms with E-state index < -0.39 is 12.0 Å². The van der Waals surface area contributed by atoms with Crippen molar-refractivity contribution in [3.8, 4) is 23.0 Å². The molecule has 0 amide bonds. The predicted octanol–water partition coefficient (Wildman–Crippen LogP) is 4.94. The number of carbonyl (C=O) groups is 1. The van der Waals surface area contributed by atoms with Crippen LogP contribution in [0.4, 0.5) is 0 Å². The van der Waals surface area contributed by atoms with E-state index in [1.165, 1.54) is 0 Å². The summed E-state index contributed by atoms with van der Waals surface area (Å²) in [6.45, 7) is 3.15. The van der Waals surface area contributed by atoms with Crippen LogP contribution in [-0.2, 0) is 11.3 Å². The molecule has 2 heterocycles. The second kappa shape index (κ2) is 9.95. The number of carboxylic acid groups (broad SMARTS) is 1. The molecule has 5 nitrogen and oxygen atoms in total. The van der Waals surface area contributed by atoms with Crippen LogP contribution in [0.5, 0.6) is 0 Å². The van der Waals surface area contributed by atoms with Crippen LogP contribution < -0.4 is 0 Å². The topological polar surface area (TPSA) is 66.3 Å². The first-order valence-electron chi connectivity index (χ1n) is 10.7. The monoisotopic (exact) mass is 445 g/mol. The Morgan fingerprint density at radius 2 is 1.94 bits per heavy atom. The average Bonchev–Trinajstić information content (AvgIpc) is 2.81. The lowest BCUT2D eigenvalue weighted by Gasteiger charge is -2.32. The van der Waals surface area contributed by atoms with Gasteiger partial charge in [0.1, 0.15) is 11.7 Å². The van der Waals surface area contributed by atoms with Gasteiger partial charge in [0, 0.05) is 12.1 Å². The van der Waals surface area contributed by atoms with Crippen LogP contribution in [0.15, 0.2) is 54.6 Å². The number of aromatic nitrogens is 2. The molecule has 1 atom stereocenters. The number of aliphatic carboxylic acids is 1. The minimum atomic E-state index is -0.802. The first-order chi connectivity index (χ1) is 15.5. The Morgan fingerprint density at radius 1 is 1.12 bits per heavy atom. The lowest BCUT2D eigenvalue weighted by Crippen LogP contribution is -2.44. The highest BCUT2D eigenvalue weighted by atomic mass is 35.5. The molecule has 0 spiro atoms. The molecule has 1 unspecified atom stereocenters. The number of likely N-dealkylation sites (tertiary alicyclic amines) is 1. The predicted molar refractivity (Wildman–Crippen MR) is 125 cm³/mol. The van der Waals surface area contributed by atoms with Crippen molar-refractivity contribution < 1.29 is 9.90 Å². The van der Waals surface area contributed by atoms with Crippen molar-refractivity contribution in [2.24, 2.45) is 0 Å². The Labute approximate surface area is 193 Å². The van der Waals surface area contributed by atoms with Gasteiger partial charge in [0.2, 0.25) is 0 Å². The van der Waals surface area contributed by atoms with Crippen LogP contribution in [0, 0.1) is 18.8 Å². The van der Waals surface area contributed by atoms with Gasteiger partial charge in [-0.05, 0) is 61.1 Å². The summed E-state index contributed by atoms with van der Waals surface area (Å²) in [7, 11) is 0. The molecule has 2 aromatic carbocycles. The van der Waals surface area contributed by atoms with Crippen molar-refractivity contribution in [3.05, 3.63) is 82.1 Å². The molecule has 0 radical (unpaired) electrons. The lowest BCUT2D eigenvalue weighted by atomic mass is 9.97. The molecule has 1 aliphatic rings. The zero-order valence-electron chi connectivity index (χ0n) is 17.9. The number of nitrogens with zero attached hydrogens (tertiary/aromatic N) is 3. The van der Waals surface area contributed by atoms with Crippen molar-refractivity contribution >= 4 is 17.6 Å². The van der Waals surface area contributed by atoms with Crippen LogP contribution in [0.3, 0.4) is 0 Å². The standard InChI is InChI=1S/C26H24ClN3O2/c1-18-19(10-7-11-22(18)20-8-3-2-4-9-20)13-14-21-16-23(27)24(29-28-21)17-30-15-6-5-12-25(30)26(31)32/h2-4,7-11,16,25H,5-6,12,15,17H2,1H3,(H,31,32). The molecular formula is C26H24ClN3O2. The fourth-order valence-corrected chi connectivity index (χ4v) is 4.25. The third-order valence-electron chi connectivity index (χ3n) is 5.81. The molecule has 6 heteroatoms. The first-order valence-corrected chi connectivity index (χ1v) is 11.1. The van der Waals surface area contributed by atoms with Crippen LogP contribution in [-0.4, -0.2) is 38.8 Å². The van der Waals surface area contributed by atoms with Gasteiger partial charge in [-0.3, -0.25) is 9.69 Å². The van der Waals surface area contributed by atoms with Crippen molar-refractivity contribution in [1.29, 1.82) is 0 Å². The van der Waals surface area contributed by atoms with Crippen LogP contribution >= 0.6 is 11.6 Å². The Bertz CT molecular complexity index is 1180. The van der Waals surface area contributed by atoms with Crippen molar-refractivity contribution in [1.82, 2.24) is 15.1 Å². The fourth-order valence-electron chi connectivity index (χ4n) is 4.05. The Hall–Kier alpha value is -3.20. The van der Waals surface area contributed by atoms with E-state index in [4.69, 9.17) is 11.6 Å². The van der Waals surface area contributed by atoms with Crippen LogP contribution in [0.2, 0.25) is 5.02 Å². The van der Waals surface area contributed by atoms with Gasteiger partial charge >= 0.3 is 5.97 Å². The number of rotatable bonds is 4. The minimum absolute atomic E-state index is 0.370. The Balaban J connectivity index is 1.54.